The maximum absolute atomic E-state index is 13.6. The summed E-state index contributed by atoms with van der Waals surface area (Å²) in [7, 11) is 1.90. The molecular weight excluding hydrogens is 479 g/mol. The van der Waals surface area contributed by atoms with Crippen molar-refractivity contribution in [1.82, 2.24) is 4.90 Å². The molecule has 1 saturated heterocycles. The summed E-state index contributed by atoms with van der Waals surface area (Å²) in [5.74, 6) is -0.221. The van der Waals surface area contributed by atoms with E-state index in [1.165, 1.54) is 40.6 Å². The van der Waals surface area contributed by atoms with Gasteiger partial charge < -0.3 is 4.90 Å². The van der Waals surface area contributed by atoms with Crippen LogP contribution in [0, 0.1) is 0 Å². The third-order valence-corrected chi connectivity index (χ3v) is 7.81. The molecule has 2 aliphatic rings. The van der Waals surface area contributed by atoms with Gasteiger partial charge in [-0.15, -0.1) is 0 Å². The van der Waals surface area contributed by atoms with Gasteiger partial charge in [-0.1, -0.05) is 60.3 Å². The highest BCUT2D eigenvalue weighted by Gasteiger charge is 2.39. The van der Waals surface area contributed by atoms with E-state index in [0.717, 1.165) is 33.3 Å². The lowest BCUT2D eigenvalue weighted by Gasteiger charge is -2.17. The zero-order valence-electron chi connectivity index (χ0n) is 17.9. The van der Waals surface area contributed by atoms with E-state index >= 15 is 0 Å². The van der Waals surface area contributed by atoms with Gasteiger partial charge in [-0.3, -0.25) is 9.69 Å². The van der Waals surface area contributed by atoms with Gasteiger partial charge in [-0.05, 0) is 47.7 Å². The second-order valence-corrected chi connectivity index (χ2v) is 9.69. The quantitative estimate of drug-likeness (QED) is 0.370. The van der Waals surface area contributed by atoms with Crippen LogP contribution in [0.15, 0.2) is 98.7 Å². The van der Waals surface area contributed by atoms with Crippen LogP contribution < -0.4 is 4.90 Å². The molecule has 34 heavy (non-hydrogen) atoms. The Labute approximate surface area is 203 Å². The maximum atomic E-state index is 13.6. The summed E-state index contributed by atoms with van der Waals surface area (Å²) in [6.07, 6.45) is -4.47. The van der Waals surface area contributed by atoms with E-state index in [-0.39, 0.29) is 18.1 Å². The molecule has 2 heterocycles. The number of para-hydroxylation sites is 1. The van der Waals surface area contributed by atoms with Gasteiger partial charge in [0.05, 0.1) is 28.5 Å². The highest BCUT2D eigenvalue weighted by atomic mass is 32.2. The molecule has 2 aliphatic heterocycles. The average molecular weight is 498 g/mol. The second-order valence-electron chi connectivity index (χ2n) is 7.68. The van der Waals surface area contributed by atoms with Gasteiger partial charge in [0.15, 0.2) is 5.17 Å². The molecule has 3 aromatic carbocycles. The number of carbonyl (C=O) groups is 1. The highest BCUT2D eigenvalue weighted by molar-refractivity contribution is 8.19. The largest absolute Gasteiger partial charge is 0.416 e. The minimum atomic E-state index is -4.47. The number of carbonyl (C=O) groups excluding carboxylic acids is 1. The third-order valence-electron chi connectivity index (χ3n) is 5.38. The van der Waals surface area contributed by atoms with E-state index in [1.807, 2.05) is 66.5 Å². The second kappa shape index (κ2) is 8.88. The maximum Gasteiger partial charge on any atom is 0.416 e. The first-order valence-corrected chi connectivity index (χ1v) is 12.0. The number of thioether (sulfide) groups is 2. The number of amidine groups is 1. The lowest BCUT2D eigenvalue weighted by Crippen LogP contribution is -2.29. The number of rotatable bonds is 3. The van der Waals surface area contributed by atoms with Crippen molar-refractivity contribution in [2.75, 3.05) is 11.9 Å². The van der Waals surface area contributed by atoms with Crippen LogP contribution in [-0.2, 0) is 17.5 Å². The summed E-state index contributed by atoms with van der Waals surface area (Å²) in [5.41, 5.74) is 1.26. The van der Waals surface area contributed by atoms with Crippen molar-refractivity contribution >= 4 is 46.0 Å². The molecule has 4 nitrogen and oxygen atoms in total. The van der Waals surface area contributed by atoms with Crippen LogP contribution in [0.3, 0.4) is 0 Å². The number of halogens is 3. The molecule has 5 rings (SSSR count). The van der Waals surface area contributed by atoms with Crippen molar-refractivity contribution < 1.29 is 18.0 Å². The van der Waals surface area contributed by atoms with Gasteiger partial charge in [-0.25, -0.2) is 4.99 Å². The minimum Gasteiger partial charge on any atom is -0.337 e. The van der Waals surface area contributed by atoms with Crippen molar-refractivity contribution in [3.05, 3.63) is 99.9 Å². The van der Waals surface area contributed by atoms with Gasteiger partial charge >= 0.3 is 6.18 Å². The fourth-order valence-electron chi connectivity index (χ4n) is 3.69. The van der Waals surface area contributed by atoms with Crippen molar-refractivity contribution in [2.45, 2.75) is 17.6 Å². The van der Waals surface area contributed by atoms with Crippen LogP contribution in [0.1, 0.15) is 11.1 Å². The number of anilines is 1. The molecule has 1 fully saturated rings. The standard InChI is InChI=1S/C25H18F3N3OS2/c1-30-19-12-5-6-13-20(19)33-23(30)21-22(32)31(15-16-8-3-2-4-9-16)24(34-21)29-18-11-7-10-17(14-18)25(26,27)28/h2-14H,15H2,1H3/b23-21-,29-24?. The predicted molar refractivity (Wildman–Crippen MR) is 131 cm³/mol. The lowest BCUT2D eigenvalue weighted by molar-refractivity contribution is -0.137. The summed E-state index contributed by atoms with van der Waals surface area (Å²) in [4.78, 5) is 23.1. The van der Waals surface area contributed by atoms with Gasteiger partial charge in [0.2, 0.25) is 0 Å². The molecule has 0 aromatic heterocycles. The SMILES string of the molecule is CN1/C(=C2/SC(=Nc3cccc(C(F)(F)F)c3)N(Cc3ccccc3)C2=O)Sc2ccccc21. The molecule has 0 atom stereocenters. The Morgan fingerprint density at radius 2 is 1.65 bits per heavy atom. The molecule has 0 unspecified atom stereocenters. The molecule has 9 heteroatoms. The molecule has 0 aliphatic carbocycles. The van der Waals surface area contributed by atoms with Crippen molar-refractivity contribution in [3.63, 3.8) is 0 Å². The number of amides is 1. The highest BCUT2D eigenvalue weighted by Crippen LogP contribution is 2.50. The molecule has 0 radical (unpaired) electrons. The smallest absolute Gasteiger partial charge is 0.337 e. The predicted octanol–water partition coefficient (Wildman–Crippen LogP) is 6.88. The molecular formula is C25H18F3N3OS2. The topological polar surface area (TPSA) is 35.9 Å². The summed E-state index contributed by atoms with van der Waals surface area (Å²) < 4.78 is 39.6. The fraction of sp³-hybridized carbons (Fsp3) is 0.120. The van der Waals surface area contributed by atoms with Crippen molar-refractivity contribution in [1.29, 1.82) is 0 Å². The van der Waals surface area contributed by atoms with E-state index in [0.29, 0.717) is 10.1 Å². The number of hydrogen-bond acceptors (Lipinski definition) is 5. The number of alkyl halides is 3. The number of fused-ring (bicyclic) bond motifs is 1. The first kappa shape index (κ1) is 22.6. The van der Waals surface area contributed by atoms with E-state index in [9.17, 15) is 18.0 Å². The average Bonchev–Trinajstić information content (AvgIpc) is 3.31. The summed E-state index contributed by atoms with van der Waals surface area (Å²) in [6, 6.07) is 22.1. The number of aliphatic imine (C=N–C) groups is 1. The summed E-state index contributed by atoms with van der Waals surface area (Å²) in [6.45, 7) is 0.266. The molecule has 0 spiro atoms. The molecule has 0 saturated carbocycles. The Balaban J connectivity index is 1.56. The molecule has 3 aromatic rings. The van der Waals surface area contributed by atoms with Gasteiger partial charge in [0.25, 0.3) is 5.91 Å². The molecule has 1 amide bonds. The van der Waals surface area contributed by atoms with Crippen LogP contribution in [-0.4, -0.2) is 23.0 Å². The Bertz CT molecular complexity index is 1320. The monoisotopic (exact) mass is 497 g/mol. The Morgan fingerprint density at radius 1 is 0.912 bits per heavy atom. The Morgan fingerprint density at radius 3 is 2.38 bits per heavy atom. The zero-order chi connectivity index (χ0) is 23.9. The van der Waals surface area contributed by atoms with Crippen LogP contribution in [0.4, 0.5) is 24.5 Å². The van der Waals surface area contributed by atoms with Crippen molar-refractivity contribution in [3.8, 4) is 0 Å². The Kier molecular flexibility index (Phi) is 5.91. The van der Waals surface area contributed by atoms with Crippen LogP contribution in [0.5, 0.6) is 0 Å². The number of benzene rings is 3. The zero-order valence-corrected chi connectivity index (χ0v) is 19.5. The number of hydrogen-bond donors (Lipinski definition) is 0. The van der Waals surface area contributed by atoms with E-state index < -0.39 is 11.7 Å². The Hall–Kier alpha value is -3.17. The van der Waals surface area contributed by atoms with Crippen LogP contribution in [0.2, 0.25) is 0 Å². The normalized spacial score (nSPS) is 19.3. The lowest BCUT2D eigenvalue weighted by atomic mass is 10.2. The molecule has 172 valence electrons. The van der Waals surface area contributed by atoms with E-state index in [2.05, 4.69) is 4.99 Å². The summed E-state index contributed by atoms with van der Waals surface area (Å²) >= 11 is 2.69. The van der Waals surface area contributed by atoms with Gasteiger partial charge in [-0.2, -0.15) is 13.2 Å². The van der Waals surface area contributed by atoms with Crippen LogP contribution in [0.25, 0.3) is 0 Å². The van der Waals surface area contributed by atoms with Crippen molar-refractivity contribution in [2.24, 2.45) is 4.99 Å². The number of nitrogens with zero attached hydrogens (tertiary/aromatic N) is 3. The van der Waals surface area contributed by atoms with Gasteiger partial charge in [0.1, 0.15) is 4.91 Å². The van der Waals surface area contributed by atoms with E-state index in [1.54, 1.807) is 0 Å². The third kappa shape index (κ3) is 4.33. The molecule has 0 N–H and O–H groups in total. The minimum absolute atomic E-state index is 0.144. The van der Waals surface area contributed by atoms with Gasteiger partial charge in [0, 0.05) is 11.9 Å². The summed E-state index contributed by atoms with van der Waals surface area (Å²) in [5, 5.41) is 1.13. The fourth-order valence-corrected chi connectivity index (χ4v) is 6.03. The molecule has 0 bridgehead atoms. The van der Waals surface area contributed by atoms with E-state index in [4.69, 9.17) is 0 Å². The first-order valence-electron chi connectivity index (χ1n) is 10.4. The first-order chi connectivity index (χ1) is 16.3. The van der Waals surface area contributed by atoms with Crippen LogP contribution >= 0.6 is 23.5 Å².